The van der Waals surface area contributed by atoms with Gasteiger partial charge in [0.1, 0.15) is 6.10 Å². The largest absolute Gasteiger partial charge is 0.367 e. The normalized spacial score (nSPS) is 25.0. The highest BCUT2D eigenvalue weighted by atomic mass is 16.5. The van der Waals surface area contributed by atoms with Crippen molar-refractivity contribution in [1.82, 2.24) is 0 Å². The Morgan fingerprint density at radius 3 is 2.58 bits per heavy atom. The van der Waals surface area contributed by atoms with Crippen LogP contribution in [-0.4, -0.2) is 18.0 Å². The molecule has 0 aromatic heterocycles. The fourth-order valence-electron chi connectivity index (χ4n) is 2.81. The van der Waals surface area contributed by atoms with E-state index in [1.165, 1.54) is 18.4 Å². The summed E-state index contributed by atoms with van der Waals surface area (Å²) in [6.07, 6.45) is 4.62. The van der Waals surface area contributed by atoms with Gasteiger partial charge in [-0.05, 0) is 32.6 Å². The van der Waals surface area contributed by atoms with Crippen molar-refractivity contribution in [2.45, 2.75) is 58.7 Å². The quantitative estimate of drug-likeness (QED) is 0.760. The molecule has 1 aromatic carbocycles. The minimum atomic E-state index is -0.335. The summed E-state index contributed by atoms with van der Waals surface area (Å²) in [6, 6.07) is 7.73. The van der Waals surface area contributed by atoms with Crippen molar-refractivity contribution in [3.05, 3.63) is 35.4 Å². The molecule has 104 valence electrons. The molecule has 3 atom stereocenters. The van der Waals surface area contributed by atoms with Crippen LogP contribution in [0, 0.1) is 12.8 Å². The van der Waals surface area contributed by atoms with E-state index in [0.29, 0.717) is 0 Å². The smallest absolute Gasteiger partial charge is 0.191 e. The van der Waals surface area contributed by atoms with Crippen LogP contribution in [0.5, 0.6) is 0 Å². The van der Waals surface area contributed by atoms with Crippen LogP contribution in [0.25, 0.3) is 0 Å². The van der Waals surface area contributed by atoms with E-state index < -0.39 is 0 Å². The Morgan fingerprint density at radius 2 is 1.95 bits per heavy atom. The lowest BCUT2D eigenvalue weighted by Gasteiger charge is -2.29. The highest BCUT2D eigenvalue weighted by Gasteiger charge is 2.24. The van der Waals surface area contributed by atoms with Crippen LogP contribution in [0.1, 0.15) is 55.5 Å². The summed E-state index contributed by atoms with van der Waals surface area (Å²) >= 11 is 0. The predicted molar refractivity (Wildman–Crippen MR) is 77.5 cm³/mol. The standard InChI is InChI=1S/C17H24O2/c1-12-7-9-15(10-8-12)17(18)14(3)19-16-6-4-5-13(2)11-16/h7-10,13-14,16H,4-6,11H2,1-3H3. The van der Waals surface area contributed by atoms with Crippen molar-refractivity contribution in [2.75, 3.05) is 0 Å². The van der Waals surface area contributed by atoms with Crippen molar-refractivity contribution < 1.29 is 9.53 Å². The number of ether oxygens (including phenoxy) is 1. The first-order chi connectivity index (χ1) is 9.06. The van der Waals surface area contributed by atoms with Crippen molar-refractivity contribution in [2.24, 2.45) is 5.92 Å². The number of ketones is 1. The lowest BCUT2D eigenvalue weighted by molar-refractivity contribution is -0.0200. The highest BCUT2D eigenvalue weighted by Crippen LogP contribution is 2.27. The molecule has 3 unspecified atom stereocenters. The van der Waals surface area contributed by atoms with Crippen LogP contribution < -0.4 is 0 Å². The molecule has 1 aromatic rings. The molecule has 1 saturated carbocycles. The number of hydrogen-bond donors (Lipinski definition) is 0. The Balaban J connectivity index is 1.93. The molecule has 1 fully saturated rings. The molecule has 2 nitrogen and oxygen atoms in total. The van der Waals surface area contributed by atoms with Gasteiger partial charge in [-0.25, -0.2) is 0 Å². The molecule has 0 radical (unpaired) electrons. The Morgan fingerprint density at radius 1 is 1.26 bits per heavy atom. The van der Waals surface area contributed by atoms with Crippen LogP contribution >= 0.6 is 0 Å². The van der Waals surface area contributed by atoms with Crippen LogP contribution in [0.4, 0.5) is 0 Å². The van der Waals surface area contributed by atoms with E-state index in [9.17, 15) is 4.79 Å². The van der Waals surface area contributed by atoms with Crippen molar-refractivity contribution >= 4 is 5.78 Å². The lowest BCUT2D eigenvalue weighted by atomic mass is 9.88. The molecule has 1 aliphatic carbocycles. The first-order valence-corrected chi connectivity index (χ1v) is 7.32. The second-order valence-corrected chi connectivity index (χ2v) is 5.90. The zero-order valence-electron chi connectivity index (χ0n) is 12.2. The van der Waals surface area contributed by atoms with Crippen LogP contribution in [0.15, 0.2) is 24.3 Å². The maximum atomic E-state index is 12.3. The number of Topliss-reactive ketones (excluding diaryl/α,β-unsaturated/α-hetero) is 1. The lowest BCUT2D eigenvalue weighted by Crippen LogP contribution is -2.30. The molecule has 2 rings (SSSR count). The summed E-state index contributed by atoms with van der Waals surface area (Å²) < 4.78 is 5.96. The third-order valence-corrected chi connectivity index (χ3v) is 3.99. The molecule has 0 saturated heterocycles. The van der Waals surface area contributed by atoms with Gasteiger partial charge in [-0.15, -0.1) is 0 Å². The predicted octanol–water partition coefficient (Wildman–Crippen LogP) is 4.16. The molecule has 0 N–H and O–H groups in total. The fraction of sp³-hybridized carbons (Fsp3) is 0.588. The Kier molecular flexibility index (Phi) is 4.76. The van der Waals surface area contributed by atoms with Crippen LogP contribution in [0.2, 0.25) is 0 Å². The summed E-state index contributed by atoms with van der Waals surface area (Å²) in [6.45, 7) is 6.17. The van der Waals surface area contributed by atoms with Gasteiger partial charge < -0.3 is 4.74 Å². The molecular weight excluding hydrogens is 236 g/mol. The summed E-state index contributed by atoms with van der Waals surface area (Å²) in [4.78, 5) is 12.3. The van der Waals surface area contributed by atoms with E-state index in [0.717, 1.165) is 24.3 Å². The first-order valence-electron chi connectivity index (χ1n) is 7.32. The van der Waals surface area contributed by atoms with Crippen LogP contribution in [0.3, 0.4) is 0 Å². The van der Waals surface area contributed by atoms with Gasteiger partial charge in [0, 0.05) is 5.56 Å². The van der Waals surface area contributed by atoms with Gasteiger partial charge in [0.05, 0.1) is 6.10 Å². The summed E-state index contributed by atoms with van der Waals surface area (Å²) in [7, 11) is 0. The number of hydrogen-bond acceptors (Lipinski definition) is 2. The minimum Gasteiger partial charge on any atom is -0.367 e. The second kappa shape index (κ2) is 6.33. The second-order valence-electron chi connectivity index (χ2n) is 5.90. The highest BCUT2D eigenvalue weighted by molar-refractivity contribution is 5.99. The third kappa shape index (κ3) is 3.90. The monoisotopic (exact) mass is 260 g/mol. The maximum absolute atomic E-state index is 12.3. The number of carbonyl (C=O) groups is 1. The molecule has 0 amide bonds. The maximum Gasteiger partial charge on any atom is 0.191 e. The number of carbonyl (C=O) groups excluding carboxylic acids is 1. The molecule has 0 aliphatic heterocycles. The third-order valence-electron chi connectivity index (χ3n) is 3.99. The fourth-order valence-corrected chi connectivity index (χ4v) is 2.81. The number of benzene rings is 1. The minimum absolute atomic E-state index is 0.0956. The van der Waals surface area contributed by atoms with E-state index in [-0.39, 0.29) is 18.0 Å². The van der Waals surface area contributed by atoms with E-state index in [4.69, 9.17) is 4.74 Å². The van der Waals surface area contributed by atoms with Gasteiger partial charge in [-0.1, -0.05) is 49.6 Å². The van der Waals surface area contributed by atoms with Crippen molar-refractivity contribution in [3.8, 4) is 0 Å². The van der Waals surface area contributed by atoms with Gasteiger partial charge >= 0.3 is 0 Å². The van der Waals surface area contributed by atoms with E-state index >= 15 is 0 Å². The molecule has 2 heteroatoms. The summed E-state index contributed by atoms with van der Waals surface area (Å²) in [5.41, 5.74) is 1.92. The zero-order valence-corrected chi connectivity index (χ0v) is 12.2. The Bertz CT molecular complexity index is 421. The van der Waals surface area contributed by atoms with Gasteiger partial charge in [-0.3, -0.25) is 4.79 Å². The van der Waals surface area contributed by atoms with Gasteiger partial charge in [0.25, 0.3) is 0 Å². The number of aryl methyl sites for hydroxylation is 1. The molecule has 0 bridgehead atoms. The van der Waals surface area contributed by atoms with E-state index in [2.05, 4.69) is 6.92 Å². The van der Waals surface area contributed by atoms with Gasteiger partial charge in [0.15, 0.2) is 5.78 Å². The Labute approximate surface area is 116 Å². The van der Waals surface area contributed by atoms with Gasteiger partial charge in [0.2, 0.25) is 0 Å². The molecular formula is C17H24O2. The molecule has 1 aliphatic rings. The SMILES string of the molecule is Cc1ccc(C(=O)C(C)OC2CCCC(C)C2)cc1. The van der Waals surface area contributed by atoms with Gasteiger partial charge in [-0.2, -0.15) is 0 Å². The average molecular weight is 260 g/mol. The Hall–Kier alpha value is -1.15. The summed E-state index contributed by atoms with van der Waals surface area (Å²) in [5, 5.41) is 0. The number of rotatable bonds is 4. The zero-order chi connectivity index (χ0) is 13.8. The first kappa shape index (κ1) is 14.3. The van der Waals surface area contributed by atoms with Crippen molar-refractivity contribution in [1.29, 1.82) is 0 Å². The van der Waals surface area contributed by atoms with Crippen molar-refractivity contribution in [3.63, 3.8) is 0 Å². The topological polar surface area (TPSA) is 26.3 Å². The van der Waals surface area contributed by atoms with E-state index in [1.807, 2.05) is 38.1 Å². The summed E-state index contributed by atoms with van der Waals surface area (Å²) in [5.74, 6) is 0.818. The van der Waals surface area contributed by atoms with E-state index in [1.54, 1.807) is 0 Å². The average Bonchev–Trinajstić information content (AvgIpc) is 2.39. The molecule has 0 heterocycles. The molecule has 19 heavy (non-hydrogen) atoms. The van der Waals surface area contributed by atoms with Crippen LogP contribution in [-0.2, 0) is 4.74 Å². The molecule has 0 spiro atoms.